The molecule has 1 rings (SSSR count). The van der Waals surface area contributed by atoms with Gasteiger partial charge in [-0.15, -0.1) is 0 Å². The molecule has 0 aromatic carbocycles. The molecule has 1 heterocycles. The maximum absolute atomic E-state index is 12.5. The zero-order chi connectivity index (χ0) is 11.6. The fourth-order valence-electron chi connectivity index (χ4n) is 0.941. The van der Waals surface area contributed by atoms with Crippen LogP contribution in [0.15, 0.2) is 15.1 Å². The zero-order valence-electron chi connectivity index (χ0n) is 7.43. The lowest BCUT2D eigenvalue weighted by atomic mass is 10.2. The second-order valence-corrected chi connectivity index (χ2v) is 4.12. The van der Waals surface area contributed by atoms with Crippen molar-refractivity contribution >= 4 is 37.8 Å². The summed E-state index contributed by atoms with van der Waals surface area (Å²) in [6, 6.07) is 0. The molecule has 7 heteroatoms. The van der Waals surface area contributed by atoms with Gasteiger partial charge < -0.3 is 4.74 Å². The number of hydrogen-bond acceptors (Lipinski definition) is 3. The van der Waals surface area contributed by atoms with Gasteiger partial charge >= 0.3 is 5.97 Å². The molecule has 0 N–H and O–H groups in total. The van der Waals surface area contributed by atoms with E-state index in [1.165, 1.54) is 6.20 Å². The van der Waals surface area contributed by atoms with Crippen LogP contribution in [0.3, 0.4) is 0 Å². The lowest BCUT2D eigenvalue weighted by molar-refractivity contribution is 0.0585. The molecule has 0 saturated carbocycles. The van der Waals surface area contributed by atoms with Crippen LogP contribution in [0.2, 0.25) is 0 Å². The summed E-state index contributed by atoms with van der Waals surface area (Å²) >= 11 is 6.08. The number of rotatable bonds is 2. The molecule has 0 amide bonds. The van der Waals surface area contributed by atoms with Gasteiger partial charge in [-0.3, -0.25) is 4.98 Å². The Morgan fingerprint density at radius 3 is 2.60 bits per heavy atom. The van der Waals surface area contributed by atoms with Crippen molar-refractivity contribution in [3.8, 4) is 0 Å². The molecule has 3 nitrogen and oxygen atoms in total. The summed E-state index contributed by atoms with van der Waals surface area (Å²) in [5.74, 6) is -0.856. The molecule has 1 aromatic heterocycles. The number of methoxy groups -OCH3 is 1. The van der Waals surface area contributed by atoms with E-state index < -0.39 is 18.1 Å². The molecule has 0 saturated heterocycles. The molecule has 0 aliphatic carbocycles. The van der Waals surface area contributed by atoms with Crippen LogP contribution < -0.4 is 0 Å². The van der Waals surface area contributed by atoms with Crippen molar-refractivity contribution in [3.63, 3.8) is 0 Å². The highest BCUT2D eigenvalue weighted by molar-refractivity contribution is 9.13. The van der Waals surface area contributed by atoms with E-state index in [4.69, 9.17) is 0 Å². The minimum absolute atomic E-state index is 0.208. The Labute approximate surface area is 101 Å². The van der Waals surface area contributed by atoms with E-state index in [9.17, 15) is 13.6 Å². The number of halogens is 4. The summed E-state index contributed by atoms with van der Waals surface area (Å²) < 4.78 is 30.1. The van der Waals surface area contributed by atoms with Crippen molar-refractivity contribution in [2.75, 3.05) is 7.11 Å². The minimum atomic E-state index is -2.83. The molecule has 0 spiro atoms. The highest BCUT2D eigenvalue weighted by Gasteiger charge is 2.24. The largest absolute Gasteiger partial charge is 0.465 e. The summed E-state index contributed by atoms with van der Waals surface area (Å²) in [5, 5.41) is 0. The number of carbonyl (C=O) groups excluding carboxylic acids is 1. The number of ether oxygens (including phenoxy) is 1. The third-order valence-corrected chi connectivity index (χ3v) is 3.56. The van der Waals surface area contributed by atoms with Gasteiger partial charge in [-0.25, -0.2) is 13.6 Å². The van der Waals surface area contributed by atoms with E-state index in [0.717, 1.165) is 7.11 Å². The number of carbonyl (C=O) groups is 1. The minimum Gasteiger partial charge on any atom is -0.465 e. The van der Waals surface area contributed by atoms with Crippen molar-refractivity contribution < 1.29 is 18.3 Å². The zero-order valence-corrected chi connectivity index (χ0v) is 10.6. The summed E-state index contributed by atoms with van der Waals surface area (Å²) in [5.41, 5.74) is -0.862. The first-order valence-corrected chi connectivity index (χ1v) is 5.28. The number of alkyl halides is 2. The van der Waals surface area contributed by atoms with Crippen LogP contribution in [0.25, 0.3) is 0 Å². The summed E-state index contributed by atoms with van der Waals surface area (Å²) in [4.78, 5) is 14.7. The van der Waals surface area contributed by atoms with Crippen molar-refractivity contribution in [3.05, 3.63) is 26.4 Å². The lowest BCUT2D eigenvalue weighted by Crippen LogP contribution is -2.09. The fraction of sp³-hybridized carbons (Fsp3) is 0.250. The van der Waals surface area contributed by atoms with E-state index in [-0.39, 0.29) is 10.0 Å². The highest BCUT2D eigenvalue weighted by Crippen LogP contribution is 2.32. The Morgan fingerprint density at radius 2 is 2.13 bits per heavy atom. The predicted molar refractivity (Wildman–Crippen MR) is 55.9 cm³/mol. The fourth-order valence-corrected chi connectivity index (χ4v) is 1.71. The van der Waals surface area contributed by atoms with Gasteiger partial charge in [-0.1, -0.05) is 0 Å². The van der Waals surface area contributed by atoms with Gasteiger partial charge in [0, 0.05) is 10.7 Å². The molecule has 0 aliphatic rings. The second-order valence-electron chi connectivity index (χ2n) is 2.47. The summed E-state index contributed by atoms with van der Waals surface area (Å²) in [6.07, 6.45) is -1.64. The van der Waals surface area contributed by atoms with E-state index in [0.29, 0.717) is 4.47 Å². The quantitative estimate of drug-likeness (QED) is 0.772. The average molecular weight is 345 g/mol. The third kappa shape index (κ3) is 2.52. The smallest absolute Gasteiger partial charge is 0.341 e. The molecular weight excluding hydrogens is 340 g/mol. The van der Waals surface area contributed by atoms with E-state index in [1.807, 2.05) is 0 Å². The van der Waals surface area contributed by atoms with Crippen LogP contribution >= 0.6 is 31.9 Å². The normalized spacial score (nSPS) is 10.5. The van der Waals surface area contributed by atoms with Crippen LogP contribution in [-0.4, -0.2) is 18.1 Å². The highest BCUT2D eigenvalue weighted by atomic mass is 79.9. The first-order valence-electron chi connectivity index (χ1n) is 3.69. The average Bonchev–Trinajstić information content (AvgIpc) is 2.20. The van der Waals surface area contributed by atoms with E-state index in [2.05, 4.69) is 41.6 Å². The Hall–Kier alpha value is -0.560. The SMILES string of the molecule is COC(=O)c1c(C(F)F)ncc(Br)c1Br. The maximum atomic E-state index is 12.5. The van der Waals surface area contributed by atoms with Gasteiger partial charge in [0.15, 0.2) is 0 Å². The van der Waals surface area contributed by atoms with E-state index in [1.54, 1.807) is 0 Å². The topological polar surface area (TPSA) is 39.2 Å². The molecule has 15 heavy (non-hydrogen) atoms. The maximum Gasteiger partial charge on any atom is 0.341 e. The molecule has 0 unspecified atom stereocenters. The third-order valence-electron chi connectivity index (χ3n) is 1.60. The summed E-state index contributed by atoms with van der Waals surface area (Å²) in [7, 11) is 1.12. The number of pyridine rings is 1. The standard InChI is InChI=1S/C8H5Br2F2NO2/c1-15-8(14)4-5(10)3(9)2-13-6(4)7(11)12/h2,7H,1H3. The van der Waals surface area contributed by atoms with Crippen molar-refractivity contribution in [2.45, 2.75) is 6.43 Å². The predicted octanol–water partition coefficient (Wildman–Crippen LogP) is 3.33. The van der Waals surface area contributed by atoms with Crippen LogP contribution in [0, 0.1) is 0 Å². The van der Waals surface area contributed by atoms with Gasteiger partial charge in [0.1, 0.15) is 11.3 Å². The van der Waals surface area contributed by atoms with Gasteiger partial charge in [-0.05, 0) is 31.9 Å². The Kier molecular flexibility index (Phi) is 4.15. The van der Waals surface area contributed by atoms with Crippen LogP contribution in [0.1, 0.15) is 22.5 Å². The molecule has 0 fully saturated rings. The number of esters is 1. The monoisotopic (exact) mass is 343 g/mol. The number of nitrogens with zero attached hydrogens (tertiary/aromatic N) is 1. The molecule has 82 valence electrons. The summed E-state index contributed by atoms with van der Waals surface area (Å²) in [6.45, 7) is 0. The first-order chi connectivity index (χ1) is 6.99. The van der Waals surface area contributed by atoms with Crippen molar-refractivity contribution in [1.82, 2.24) is 4.98 Å². The molecule has 0 radical (unpaired) electrons. The van der Waals surface area contributed by atoms with E-state index >= 15 is 0 Å². The molecule has 0 bridgehead atoms. The Bertz CT molecular complexity index is 398. The second kappa shape index (κ2) is 4.98. The van der Waals surface area contributed by atoms with Gasteiger partial charge in [-0.2, -0.15) is 0 Å². The first kappa shape index (κ1) is 12.5. The lowest BCUT2D eigenvalue weighted by Gasteiger charge is -2.09. The number of aromatic nitrogens is 1. The molecule has 0 aliphatic heterocycles. The molecule has 0 atom stereocenters. The Balaban J connectivity index is 3.41. The van der Waals surface area contributed by atoms with Crippen molar-refractivity contribution in [2.24, 2.45) is 0 Å². The van der Waals surface area contributed by atoms with Crippen LogP contribution in [0.5, 0.6) is 0 Å². The van der Waals surface area contributed by atoms with Crippen LogP contribution in [-0.2, 0) is 4.74 Å². The molecule has 1 aromatic rings. The Morgan fingerprint density at radius 1 is 1.53 bits per heavy atom. The van der Waals surface area contributed by atoms with Crippen LogP contribution in [0.4, 0.5) is 8.78 Å². The van der Waals surface area contributed by atoms with Crippen molar-refractivity contribution in [1.29, 1.82) is 0 Å². The van der Waals surface area contributed by atoms with Gasteiger partial charge in [0.2, 0.25) is 0 Å². The number of hydrogen-bond donors (Lipinski definition) is 0. The van der Waals surface area contributed by atoms with Gasteiger partial charge in [0.05, 0.1) is 11.6 Å². The molecular formula is C8H5Br2F2NO2. The van der Waals surface area contributed by atoms with Gasteiger partial charge in [0.25, 0.3) is 6.43 Å².